The van der Waals surface area contributed by atoms with Crippen LogP contribution in [-0.2, 0) is 24.3 Å². The lowest BCUT2D eigenvalue weighted by Gasteiger charge is -2.21. The highest BCUT2D eigenvalue weighted by Gasteiger charge is 2.19. The summed E-state index contributed by atoms with van der Waals surface area (Å²) >= 11 is 0. The van der Waals surface area contributed by atoms with Gasteiger partial charge in [0.15, 0.2) is 0 Å². The molecule has 8 nitrogen and oxygen atoms in total. The van der Waals surface area contributed by atoms with Gasteiger partial charge in [0.1, 0.15) is 18.5 Å². The van der Waals surface area contributed by atoms with Crippen LogP contribution in [0.5, 0.6) is 0 Å². The van der Waals surface area contributed by atoms with E-state index in [9.17, 15) is 4.79 Å². The highest BCUT2D eigenvalue weighted by Crippen LogP contribution is 2.12. The van der Waals surface area contributed by atoms with Crippen LogP contribution in [0.3, 0.4) is 0 Å². The Balaban J connectivity index is 1.67. The first kappa shape index (κ1) is 14.7. The molecular weight excluding hydrogens is 282 g/mol. The molecular formula is C14H21N7O. The van der Waals surface area contributed by atoms with Crippen molar-refractivity contribution in [2.45, 2.75) is 19.5 Å². The monoisotopic (exact) mass is 303 g/mol. The predicted octanol–water partition coefficient (Wildman–Crippen LogP) is -0.531. The fourth-order valence-electron chi connectivity index (χ4n) is 2.64. The molecule has 0 saturated carbocycles. The molecule has 0 fully saturated rings. The van der Waals surface area contributed by atoms with Crippen molar-refractivity contribution >= 4 is 5.91 Å². The number of hydrogen-bond acceptors (Lipinski definition) is 5. The van der Waals surface area contributed by atoms with Crippen molar-refractivity contribution in [1.82, 2.24) is 34.1 Å². The van der Waals surface area contributed by atoms with Crippen LogP contribution in [0.2, 0.25) is 0 Å². The predicted molar refractivity (Wildman–Crippen MR) is 80.2 cm³/mol. The number of aromatic nitrogens is 5. The van der Waals surface area contributed by atoms with Crippen LogP contribution >= 0.6 is 0 Å². The van der Waals surface area contributed by atoms with Gasteiger partial charge in [0.25, 0.3) is 0 Å². The fraction of sp³-hybridized carbons (Fsp3) is 0.571. The van der Waals surface area contributed by atoms with E-state index in [0.717, 1.165) is 37.6 Å². The molecule has 1 aliphatic rings. The number of fused-ring (bicyclic) bond motifs is 1. The number of nitrogens with zero attached hydrogens (tertiary/aromatic N) is 7. The first-order valence-electron chi connectivity index (χ1n) is 7.41. The molecule has 3 heterocycles. The minimum Gasteiger partial charge on any atom is -0.348 e. The third-order valence-corrected chi connectivity index (χ3v) is 3.96. The lowest BCUT2D eigenvalue weighted by atomic mass is 10.3. The van der Waals surface area contributed by atoms with Crippen molar-refractivity contribution in [2.75, 3.05) is 33.7 Å². The van der Waals surface area contributed by atoms with E-state index in [1.54, 1.807) is 30.0 Å². The summed E-state index contributed by atoms with van der Waals surface area (Å²) in [4.78, 5) is 24.2. The van der Waals surface area contributed by atoms with Gasteiger partial charge in [0, 0.05) is 40.2 Å². The maximum atomic E-state index is 11.9. The second kappa shape index (κ2) is 6.27. The first-order valence-corrected chi connectivity index (χ1v) is 7.41. The van der Waals surface area contributed by atoms with E-state index in [1.807, 2.05) is 6.20 Å². The SMILES string of the molecule is CN(C)C(=O)CN1CCc2ncc(Cn3cncn3)n2CC1. The molecule has 0 bridgehead atoms. The molecule has 2 aromatic heterocycles. The van der Waals surface area contributed by atoms with Crippen LogP contribution in [-0.4, -0.2) is 73.8 Å². The fourth-order valence-corrected chi connectivity index (χ4v) is 2.64. The molecule has 0 spiro atoms. The van der Waals surface area contributed by atoms with E-state index >= 15 is 0 Å². The summed E-state index contributed by atoms with van der Waals surface area (Å²) in [7, 11) is 3.59. The van der Waals surface area contributed by atoms with Gasteiger partial charge >= 0.3 is 0 Å². The van der Waals surface area contributed by atoms with E-state index in [2.05, 4.69) is 24.5 Å². The van der Waals surface area contributed by atoms with E-state index in [-0.39, 0.29) is 5.91 Å². The minimum absolute atomic E-state index is 0.141. The van der Waals surface area contributed by atoms with Crippen LogP contribution in [0.1, 0.15) is 11.5 Å². The molecule has 1 amide bonds. The molecule has 8 heteroatoms. The second-order valence-electron chi connectivity index (χ2n) is 5.72. The number of rotatable bonds is 4. The largest absolute Gasteiger partial charge is 0.348 e. The molecule has 0 atom stereocenters. The minimum atomic E-state index is 0.141. The normalized spacial score (nSPS) is 15.4. The van der Waals surface area contributed by atoms with Crippen LogP contribution in [0.25, 0.3) is 0 Å². The van der Waals surface area contributed by atoms with Crippen molar-refractivity contribution in [3.63, 3.8) is 0 Å². The van der Waals surface area contributed by atoms with Gasteiger partial charge in [-0.05, 0) is 0 Å². The quantitative estimate of drug-likeness (QED) is 0.759. The number of carbonyl (C=O) groups is 1. The third-order valence-electron chi connectivity index (χ3n) is 3.96. The van der Waals surface area contributed by atoms with Gasteiger partial charge in [-0.2, -0.15) is 5.10 Å². The van der Waals surface area contributed by atoms with Crippen LogP contribution in [0.4, 0.5) is 0 Å². The highest BCUT2D eigenvalue weighted by molar-refractivity contribution is 5.77. The zero-order valence-electron chi connectivity index (χ0n) is 13.0. The molecule has 0 N–H and O–H groups in total. The molecule has 0 aromatic carbocycles. The highest BCUT2D eigenvalue weighted by atomic mass is 16.2. The Morgan fingerprint density at radius 2 is 2.18 bits per heavy atom. The van der Waals surface area contributed by atoms with Crippen molar-refractivity contribution in [3.8, 4) is 0 Å². The molecule has 0 unspecified atom stereocenters. The third kappa shape index (κ3) is 3.16. The summed E-state index contributed by atoms with van der Waals surface area (Å²) in [6.07, 6.45) is 6.02. The molecule has 0 radical (unpaired) electrons. The Labute approximate surface area is 129 Å². The van der Waals surface area contributed by atoms with Gasteiger partial charge in [0.2, 0.25) is 5.91 Å². The Morgan fingerprint density at radius 1 is 1.32 bits per heavy atom. The van der Waals surface area contributed by atoms with Gasteiger partial charge in [0.05, 0.1) is 25.0 Å². The van der Waals surface area contributed by atoms with Crippen LogP contribution in [0.15, 0.2) is 18.9 Å². The average molecular weight is 303 g/mol. The Morgan fingerprint density at radius 3 is 2.91 bits per heavy atom. The molecule has 118 valence electrons. The van der Waals surface area contributed by atoms with Gasteiger partial charge in [-0.25, -0.2) is 14.6 Å². The van der Waals surface area contributed by atoms with Crippen molar-refractivity contribution < 1.29 is 4.79 Å². The average Bonchev–Trinajstić information content (AvgIpc) is 3.08. The van der Waals surface area contributed by atoms with E-state index in [4.69, 9.17) is 0 Å². The maximum Gasteiger partial charge on any atom is 0.236 e. The number of hydrogen-bond donors (Lipinski definition) is 0. The second-order valence-corrected chi connectivity index (χ2v) is 5.72. The first-order chi connectivity index (χ1) is 10.6. The lowest BCUT2D eigenvalue weighted by Crippen LogP contribution is -2.38. The van der Waals surface area contributed by atoms with Gasteiger partial charge < -0.3 is 9.47 Å². The summed E-state index contributed by atoms with van der Waals surface area (Å²) < 4.78 is 4.03. The van der Waals surface area contributed by atoms with Crippen molar-refractivity contribution in [1.29, 1.82) is 0 Å². The zero-order valence-corrected chi connectivity index (χ0v) is 13.0. The summed E-state index contributed by atoms with van der Waals surface area (Å²) in [5, 5.41) is 4.14. The molecule has 3 rings (SSSR count). The van der Waals surface area contributed by atoms with Crippen LogP contribution < -0.4 is 0 Å². The summed E-state index contributed by atoms with van der Waals surface area (Å²) in [5.41, 5.74) is 1.13. The number of likely N-dealkylation sites (N-methyl/N-ethyl adjacent to an activating group) is 1. The Kier molecular flexibility index (Phi) is 4.19. The van der Waals surface area contributed by atoms with Gasteiger partial charge in [-0.1, -0.05) is 0 Å². The summed E-state index contributed by atoms with van der Waals surface area (Å²) in [6, 6.07) is 0. The standard InChI is InChI=1S/C14H21N7O/c1-18(2)14(22)9-19-4-3-13-16-7-12(21(13)6-5-19)8-20-11-15-10-17-20/h7,10-11H,3-6,8-9H2,1-2H3. The van der Waals surface area contributed by atoms with Crippen molar-refractivity contribution in [3.05, 3.63) is 30.4 Å². The molecule has 0 aliphatic carbocycles. The lowest BCUT2D eigenvalue weighted by molar-refractivity contribution is -0.129. The number of amides is 1. The smallest absolute Gasteiger partial charge is 0.236 e. The molecule has 22 heavy (non-hydrogen) atoms. The topological polar surface area (TPSA) is 72.1 Å². The van der Waals surface area contributed by atoms with Crippen LogP contribution in [0, 0.1) is 0 Å². The Hall–Kier alpha value is -2.22. The summed E-state index contributed by atoms with van der Waals surface area (Å²) in [5.74, 6) is 1.22. The van der Waals surface area contributed by atoms with Gasteiger partial charge in [-0.3, -0.25) is 9.69 Å². The Bertz CT molecular complexity index is 632. The molecule has 0 saturated heterocycles. The number of imidazole rings is 1. The molecule has 1 aliphatic heterocycles. The van der Waals surface area contributed by atoms with E-state index in [1.165, 1.54) is 6.33 Å². The number of carbonyl (C=O) groups excluding carboxylic acids is 1. The summed E-state index contributed by atoms with van der Waals surface area (Å²) in [6.45, 7) is 3.70. The van der Waals surface area contributed by atoms with E-state index in [0.29, 0.717) is 13.1 Å². The molecule has 2 aromatic rings. The van der Waals surface area contributed by atoms with E-state index < -0.39 is 0 Å². The maximum absolute atomic E-state index is 11.9. The van der Waals surface area contributed by atoms with Crippen molar-refractivity contribution in [2.24, 2.45) is 0 Å². The zero-order chi connectivity index (χ0) is 15.5. The van der Waals surface area contributed by atoms with Gasteiger partial charge in [-0.15, -0.1) is 0 Å².